The molecule has 10 aromatic rings. The number of hydrogen-bond donors (Lipinski definition) is 0. The standard InChI is InChI=1S/C61H43NO2/c1-2-14-42(15-3-1)61(55-24-8-4-16-49(55)50-17-5-9-25-56(50)61)43-32-38-46(39-33-43)62(44-34-28-40(29-35-44)47-20-12-22-53-51-18-6-10-26-57(51)63-59(47)53)45-36-30-41(31-37-45)48-21-13-23-54-52-19-7-11-27-58(52)64-60(48)54/h1-10,12-26,28-36,38-39,45H,11,27,37H2. The van der Waals surface area contributed by atoms with E-state index in [0.29, 0.717) is 0 Å². The van der Waals surface area contributed by atoms with Gasteiger partial charge in [0.1, 0.15) is 22.5 Å². The van der Waals surface area contributed by atoms with Crippen LogP contribution in [0.1, 0.15) is 52.0 Å². The van der Waals surface area contributed by atoms with Crippen LogP contribution in [-0.4, -0.2) is 6.04 Å². The average molecular weight is 822 g/mol. The van der Waals surface area contributed by atoms with Gasteiger partial charge >= 0.3 is 0 Å². The second-order valence-electron chi connectivity index (χ2n) is 17.3. The number of hydrogen-bond acceptors (Lipinski definition) is 3. The first kappa shape index (κ1) is 36.7. The third-order valence-corrected chi connectivity index (χ3v) is 14.0. The fourth-order valence-electron chi connectivity index (χ4n) is 11.1. The maximum Gasteiger partial charge on any atom is 0.143 e. The van der Waals surface area contributed by atoms with Gasteiger partial charge in [-0.3, -0.25) is 0 Å². The summed E-state index contributed by atoms with van der Waals surface area (Å²) in [6.07, 6.45) is 14.4. The number of allylic oxidation sites excluding steroid dienone is 3. The predicted molar refractivity (Wildman–Crippen MR) is 264 cm³/mol. The fraction of sp³-hybridized carbons (Fsp3) is 0.0820. The van der Waals surface area contributed by atoms with Crippen molar-refractivity contribution in [1.29, 1.82) is 0 Å². The van der Waals surface area contributed by atoms with Gasteiger partial charge in [0.25, 0.3) is 0 Å². The summed E-state index contributed by atoms with van der Waals surface area (Å²) in [4.78, 5) is 2.50. The molecule has 304 valence electrons. The number of nitrogens with zero attached hydrogens (tertiary/aromatic N) is 1. The molecule has 0 spiro atoms. The summed E-state index contributed by atoms with van der Waals surface area (Å²) in [6.45, 7) is 0. The van der Waals surface area contributed by atoms with Gasteiger partial charge in [-0.1, -0.05) is 188 Å². The fourth-order valence-corrected chi connectivity index (χ4v) is 11.1. The molecule has 3 aliphatic rings. The first-order valence-corrected chi connectivity index (χ1v) is 22.5. The number of fused-ring (bicyclic) bond motifs is 9. The lowest BCUT2D eigenvalue weighted by atomic mass is 9.67. The molecule has 0 N–H and O–H groups in total. The monoisotopic (exact) mass is 821 g/mol. The Morgan fingerprint density at radius 1 is 0.484 bits per heavy atom. The van der Waals surface area contributed by atoms with Crippen LogP contribution in [-0.2, 0) is 11.8 Å². The molecule has 0 aliphatic heterocycles. The average Bonchev–Trinajstić information content (AvgIpc) is 4.04. The molecular formula is C61H43NO2. The highest BCUT2D eigenvalue weighted by atomic mass is 16.3. The van der Waals surface area contributed by atoms with Crippen molar-refractivity contribution >= 4 is 55.9 Å². The summed E-state index contributed by atoms with van der Waals surface area (Å²) in [5.74, 6) is 1.09. The third kappa shape index (κ3) is 5.53. The lowest BCUT2D eigenvalue weighted by Gasteiger charge is -2.36. The summed E-state index contributed by atoms with van der Waals surface area (Å²) in [5, 5.41) is 3.47. The van der Waals surface area contributed by atoms with E-state index in [4.69, 9.17) is 8.83 Å². The summed E-state index contributed by atoms with van der Waals surface area (Å²) in [7, 11) is 0. The maximum absolute atomic E-state index is 6.57. The zero-order valence-electron chi connectivity index (χ0n) is 35.2. The van der Waals surface area contributed by atoms with Crippen molar-refractivity contribution in [3.63, 3.8) is 0 Å². The van der Waals surface area contributed by atoms with Crippen molar-refractivity contribution in [3.05, 3.63) is 252 Å². The van der Waals surface area contributed by atoms with E-state index in [0.717, 1.165) is 80.6 Å². The molecule has 0 fully saturated rings. The molecule has 2 aromatic heterocycles. The molecule has 0 radical (unpaired) electrons. The van der Waals surface area contributed by atoms with Crippen molar-refractivity contribution in [1.82, 2.24) is 0 Å². The van der Waals surface area contributed by atoms with Crippen molar-refractivity contribution in [3.8, 4) is 22.3 Å². The summed E-state index contributed by atoms with van der Waals surface area (Å²) in [6, 6.07) is 68.8. The van der Waals surface area contributed by atoms with E-state index in [1.807, 2.05) is 6.07 Å². The number of benzene rings is 8. The Bertz CT molecular complexity index is 3480. The van der Waals surface area contributed by atoms with Gasteiger partial charge in [-0.2, -0.15) is 0 Å². The van der Waals surface area contributed by atoms with Crippen LogP contribution < -0.4 is 4.90 Å². The number of furan rings is 2. The van der Waals surface area contributed by atoms with E-state index in [1.54, 1.807) is 0 Å². The van der Waals surface area contributed by atoms with E-state index in [1.165, 1.54) is 49.9 Å². The molecule has 1 unspecified atom stereocenters. The third-order valence-electron chi connectivity index (χ3n) is 14.0. The van der Waals surface area contributed by atoms with Crippen molar-refractivity contribution in [2.24, 2.45) is 0 Å². The van der Waals surface area contributed by atoms with Gasteiger partial charge in [0.2, 0.25) is 0 Å². The molecule has 3 nitrogen and oxygen atoms in total. The highest BCUT2D eigenvalue weighted by Crippen LogP contribution is 2.56. The molecule has 0 saturated carbocycles. The topological polar surface area (TPSA) is 29.5 Å². The zero-order valence-corrected chi connectivity index (χ0v) is 35.2. The molecule has 13 rings (SSSR count). The second-order valence-corrected chi connectivity index (χ2v) is 17.3. The lowest BCUT2D eigenvalue weighted by molar-refractivity contribution is 0.545. The van der Waals surface area contributed by atoms with E-state index < -0.39 is 5.41 Å². The van der Waals surface area contributed by atoms with Crippen molar-refractivity contribution < 1.29 is 8.83 Å². The van der Waals surface area contributed by atoms with Crippen LogP contribution in [0.2, 0.25) is 0 Å². The van der Waals surface area contributed by atoms with Crippen molar-refractivity contribution in [2.45, 2.75) is 30.7 Å². The Labute approximate surface area is 372 Å². The summed E-state index contributed by atoms with van der Waals surface area (Å²) < 4.78 is 13.1. The van der Waals surface area contributed by atoms with Gasteiger partial charge in [0.15, 0.2) is 0 Å². The molecular weight excluding hydrogens is 779 g/mol. The first-order chi connectivity index (χ1) is 31.7. The van der Waals surface area contributed by atoms with Crippen LogP contribution in [0, 0.1) is 0 Å². The van der Waals surface area contributed by atoms with Crippen LogP contribution in [0.4, 0.5) is 11.4 Å². The number of para-hydroxylation sites is 3. The highest BCUT2D eigenvalue weighted by Gasteiger charge is 2.45. The summed E-state index contributed by atoms with van der Waals surface area (Å²) in [5.41, 5.74) is 18.2. The molecule has 3 aliphatic carbocycles. The number of rotatable bonds is 7. The summed E-state index contributed by atoms with van der Waals surface area (Å²) >= 11 is 0. The van der Waals surface area contributed by atoms with Gasteiger partial charge in [0.05, 0.1) is 11.5 Å². The molecule has 0 bridgehead atoms. The van der Waals surface area contributed by atoms with Gasteiger partial charge in [-0.15, -0.1) is 0 Å². The lowest BCUT2D eigenvalue weighted by Crippen LogP contribution is -2.31. The zero-order chi connectivity index (χ0) is 42.2. The van der Waals surface area contributed by atoms with Crippen LogP contribution in [0.25, 0.3) is 66.8 Å². The normalized spacial score (nSPS) is 15.9. The Morgan fingerprint density at radius 2 is 1.09 bits per heavy atom. The van der Waals surface area contributed by atoms with E-state index in [2.05, 4.69) is 217 Å². The van der Waals surface area contributed by atoms with Crippen LogP contribution in [0.15, 0.2) is 221 Å². The number of anilines is 2. The minimum absolute atomic E-state index is 0.0715. The SMILES string of the molecule is C1=Cc2c(oc3c(C4=CCC(N(c5ccc(-c6cccc7c6oc6ccccc67)cc5)c5ccc(C6(c7ccccc7)c7ccccc7-c7ccccc76)cc5)C=C4)cccc23)CC1. The van der Waals surface area contributed by atoms with Gasteiger partial charge in [-0.25, -0.2) is 0 Å². The Hall–Kier alpha value is -7.88. The van der Waals surface area contributed by atoms with E-state index in [-0.39, 0.29) is 6.04 Å². The van der Waals surface area contributed by atoms with Crippen LogP contribution in [0.5, 0.6) is 0 Å². The Kier molecular flexibility index (Phi) is 8.39. The largest absolute Gasteiger partial charge is 0.460 e. The van der Waals surface area contributed by atoms with Gasteiger partial charge in [-0.05, 0) is 87.7 Å². The van der Waals surface area contributed by atoms with E-state index in [9.17, 15) is 0 Å². The van der Waals surface area contributed by atoms with Gasteiger partial charge < -0.3 is 13.7 Å². The Morgan fingerprint density at radius 3 is 1.84 bits per heavy atom. The second kappa shape index (κ2) is 14.6. The molecule has 2 heterocycles. The smallest absolute Gasteiger partial charge is 0.143 e. The molecule has 0 saturated heterocycles. The molecule has 0 amide bonds. The molecule has 8 aromatic carbocycles. The maximum atomic E-state index is 6.57. The molecule has 1 atom stereocenters. The van der Waals surface area contributed by atoms with Crippen LogP contribution >= 0.6 is 0 Å². The Balaban J connectivity index is 0.919. The predicted octanol–water partition coefficient (Wildman–Crippen LogP) is 15.9. The quantitative estimate of drug-likeness (QED) is 0.160. The number of aryl methyl sites for hydroxylation is 1. The molecule has 3 heteroatoms. The van der Waals surface area contributed by atoms with Crippen molar-refractivity contribution in [2.75, 3.05) is 4.90 Å². The first-order valence-electron chi connectivity index (χ1n) is 22.5. The highest BCUT2D eigenvalue weighted by molar-refractivity contribution is 6.09. The van der Waals surface area contributed by atoms with Gasteiger partial charge in [0, 0.05) is 50.6 Å². The minimum Gasteiger partial charge on any atom is -0.460 e. The van der Waals surface area contributed by atoms with Crippen LogP contribution in [0.3, 0.4) is 0 Å². The minimum atomic E-state index is -0.457. The van der Waals surface area contributed by atoms with E-state index >= 15 is 0 Å². The molecule has 64 heavy (non-hydrogen) atoms.